The van der Waals surface area contributed by atoms with Gasteiger partial charge < -0.3 is 11.1 Å². The van der Waals surface area contributed by atoms with Gasteiger partial charge in [-0.15, -0.1) is 0 Å². The van der Waals surface area contributed by atoms with Crippen LogP contribution in [0.4, 0.5) is 11.4 Å². The molecule has 3 N–H and O–H groups in total. The molecule has 98 valence electrons. The van der Waals surface area contributed by atoms with Crippen molar-refractivity contribution in [3.63, 3.8) is 0 Å². The van der Waals surface area contributed by atoms with Crippen molar-refractivity contribution in [2.45, 2.75) is 39.0 Å². The molecule has 1 aliphatic rings. The predicted molar refractivity (Wildman–Crippen MR) is 75.8 cm³/mol. The highest BCUT2D eigenvalue weighted by atomic mass is 35.5. The molecule has 1 aromatic carbocycles. The lowest BCUT2D eigenvalue weighted by Gasteiger charge is -2.12. The number of hydrogen-bond acceptors (Lipinski definition) is 2. The van der Waals surface area contributed by atoms with Crippen molar-refractivity contribution in [3.05, 3.63) is 22.7 Å². The Bertz CT molecular complexity index is 453. The maximum absolute atomic E-state index is 11.9. The summed E-state index contributed by atoms with van der Waals surface area (Å²) in [4.78, 5) is 11.9. The fourth-order valence-corrected chi connectivity index (χ4v) is 2.68. The first-order chi connectivity index (χ1) is 8.56. The third-order valence-corrected chi connectivity index (χ3v) is 3.89. The van der Waals surface area contributed by atoms with Crippen LogP contribution in [0, 0.1) is 12.8 Å². The summed E-state index contributed by atoms with van der Waals surface area (Å²) in [6, 6.07) is 3.51. The van der Waals surface area contributed by atoms with Crippen LogP contribution in [0.15, 0.2) is 12.1 Å². The molecule has 0 unspecified atom stereocenters. The monoisotopic (exact) mass is 266 g/mol. The lowest BCUT2D eigenvalue weighted by Crippen LogP contribution is -2.15. The van der Waals surface area contributed by atoms with Crippen LogP contribution in [0.2, 0.25) is 5.02 Å². The lowest BCUT2D eigenvalue weighted by atomic mass is 10.0. The molecular weight excluding hydrogens is 248 g/mol. The molecule has 18 heavy (non-hydrogen) atoms. The fraction of sp³-hybridized carbons (Fsp3) is 0.500. The molecular formula is C14H19ClN2O. The number of amides is 1. The number of carbonyl (C=O) groups excluding carboxylic acids is 1. The van der Waals surface area contributed by atoms with E-state index in [0.29, 0.717) is 23.0 Å². The maximum Gasteiger partial charge on any atom is 0.224 e. The Morgan fingerprint density at radius 3 is 2.78 bits per heavy atom. The van der Waals surface area contributed by atoms with E-state index in [1.165, 1.54) is 25.7 Å². The smallest absolute Gasteiger partial charge is 0.224 e. The molecule has 1 saturated carbocycles. The molecule has 0 aliphatic heterocycles. The molecule has 0 spiro atoms. The first-order valence-electron chi connectivity index (χ1n) is 6.41. The number of rotatable bonds is 3. The van der Waals surface area contributed by atoms with Crippen LogP contribution in [0.3, 0.4) is 0 Å². The van der Waals surface area contributed by atoms with E-state index in [4.69, 9.17) is 17.3 Å². The Balaban J connectivity index is 2.00. The molecule has 3 nitrogen and oxygen atoms in total. The molecule has 1 aliphatic carbocycles. The first-order valence-corrected chi connectivity index (χ1v) is 6.79. The summed E-state index contributed by atoms with van der Waals surface area (Å²) >= 11 is 5.96. The van der Waals surface area contributed by atoms with Crippen molar-refractivity contribution in [1.29, 1.82) is 0 Å². The van der Waals surface area contributed by atoms with E-state index in [0.717, 1.165) is 11.3 Å². The topological polar surface area (TPSA) is 55.1 Å². The van der Waals surface area contributed by atoms with Gasteiger partial charge in [0.1, 0.15) is 0 Å². The molecule has 1 aromatic rings. The number of anilines is 2. The number of benzene rings is 1. The van der Waals surface area contributed by atoms with Crippen molar-refractivity contribution < 1.29 is 4.79 Å². The van der Waals surface area contributed by atoms with E-state index in [-0.39, 0.29) is 5.91 Å². The molecule has 2 rings (SSSR count). The second-order valence-electron chi connectivity index (χ2n) is 5.09. The Labute approximate surface area is 113 Å². The summed E-state index contributed by atoms with van der Waals surface area (Å²) in [6.07, 6.45) is 5.47. The number of nitrogens with two attached hydrogens (primary N) is 1. The largest absolute Gasteiger partial charge is 0.398 e. The number of nitrogens with one attached hydrogen (secondary N) is 1. The molecule has 0 radical (unpaired) electrons. The SMILES string of the molecule is Cc1cc(N)c(Cl)cc1NC(=O)CC1CCCC1. The second kappa shape index (κ2) is 5.61. The standard InChI is InChI=1S/C14H19ClN2O/c1-9-6-12(16)11(15)8-13(9)17-14(18)7-10-4-2-3-5-10/h6,8,10H,2-5,7,16H2,1H3,(H,17,18). The van der Waals surface area contributed by atoms with Crippen molar-refractivity contribution >= 4 is 28.9 Å². The quantitative estimate of drug-likeness (QED) is 0.819. The van der Waals surface area contributed by atoms with Crippen molar-refractivity contribution in [2.75, 3.05) is 11.1 Å². The van der Waals surface area contributed by atoms with Gasteiger partial charge in [0, 0.05) is 12.1 Å². The minimum absolute atomic E-state index is 0.0749. The van der Waals surface area contributed by atoms with Gasteiger partial charge >= 0.3 is 0 Å². The van der Waals surface area contributed by atoms with E-state index in [1.54, 1.807) is 12.1 Å². The fourth-order valence-electron chi connectivity index (χ4n) is 2.52. The summed E-state index contributed by atoms with van der Waals surface area (Å²) in [6.45, 7) is 1.91. The average molecular weight is 267 g/mol. The summed E-state index contributed by atoms with van der Waals surface area (Å²) in [5, 5.41) is 3.41. The molecule has 4 heteroatoms. The predicted octanol–water partition coefficient (Wildman–Crippen LogP) is 3.75. The molecule has 1 amide bonds. The average Bonchev–Trinajstić information content (AvgIpc) is 2.78. The summed E-state index contributed by atoms with van der Waals surface area (Å²) in [5.41, 5.74) is 7.95. The molecule has 0 aromatic heterocycles. The number of hydrogen-bond donors (Lipinski definition) is 2. The number of nitrogen functional groups attached to an aromatic ring is 1. The zero-order valence-corrected chi connectivity index (χ0v) is 11.4. The van der Waals surface area contributed by atoms with Crippen LogP contribution in [-0.4, -0.2) is 5.91 Å². The van der Waals surface area contributed by atoms with E-state index < -0.39 is 0 Å². The Kier molecular flexibility index (Phi) is 4.12. The van der Waals surface area contributed by atoms with E-state index in [1.807, 2.05) is 6.92 Å². The van der Waals surface area contributed by atoms with Crippen LogP contribution < -0.4 is 11.1 Å². The van der Waals surface area contributed by atoms with Crippen molar-refractivity contribution in [2.24, 2.45) is 5.92 Å². The van der Waals surface area contributed by atoms with Crippen molar-refractivity contribution in [3.8, 4) is 0 Å². The molecule has 1 fully saturated rings. The van der Waals surface area contributed by atoms with E-state index >= 15 is 0 Å². The third kappa shape index (κ3) is 3.16. The Morgan fingerprint density at radius 2 is 2.11 bits per heavy atom. The zero-order chi connectivity index (χ0) is 13.1. The van der Waals surface area contributed by atoms with Crippen LogP contribution in [0.1, 0.15) is 37.7 Å². The highest BCUT2D eigenvalue weighted by Crippen LogP contribution is 2.29. The number of carbonyl (C=O) groups is 1. The summed E-state index contributed by atoms with van der Waals surface area (Å²) in [7, 11) is 0. The molecule has 0 atom stereocenters. The zero-order valence-electron chi connectivity index (χ0n) is 10.6. The Morgan fingerprint density at radius 1 is 1.44 bits per heavy atom. The molecule has 0 saturated heterocycles. The molecule has 0 bridgehead atoms. The van der Waals surface area contributed by atoms with Gasteiger partial charge in [-0.25, -0.2) is 0 Å². The normalized spacial score (nSPS) is 15.9. The van der Waals surface area contributed by atoms with Crippen LogP contribution in [0.5, 0.6) is 0 Å². The van der Waals surface area contributed by atoms with Crippen molar-refractivity contribution in [1.82, 2.24) is 0 Å². The van der Waals surface area contributed by atoms with Gasteiger partial charge in [-0.2, -0.15) is 0 Å². The van der Waals surface area contributed by atoms with Gasteiger partial charge in [0.2, 0.25) is 5.91 Å². The van der Waals surface area contributed by atoms with Gasteiger partial charge in [0.05, 0.1) is 10.7 Å². The highest BCUT2D eigenvalue weighted by Gasteiger charge is 2.18. The van der Waals surface area contributed by atoms with Crippen LogP contribution in [0.25, 0.3) is 0 Å². The minimum atomic E-state index is 0.0749. The third-order valence-electron chi connectivity index (χ3n) is 3.57. The maximum atomic E-state index is 11.9. The minimum Gasteiger partial charge on any atom is -0.398 e. The van der Waals surface area contributed by atoms with Crippen LogP contribution in [-0.2, 0) is 4.79 Å². The van der Waals surface area contributed by atoms with Gasteiger partial charge in [0.25, 0.3) is 0 Å². The summed E-state index contributed by atoms with van der Waals surface area (Å²) in [5.74, 6) is 0.625. The second-order valence-corrected chi connectivity index (χ2v) is 5.50. The van der Waals surface area contributed by atoms with Gasteiger partial charge in [-0.1, -0.05) is 24.4 Å². The van der Waals surface area contributed by atoms with E-state index in [2.05, 4.69) is 5.32 Å². The number of aryl methyl sites for hydroxylation is 1. The number of halogens is 1. The van der Waals surface area contributed by atoms with Gasteiger partial charge in [-0.3, -0.25) is 4.79 Å². The highest BCUT2D eigenvalue weighted by molar-refractivity contribution is 6.33. The first kappa shape index (κ1) is 13.2. The Hall–Kier alpha value is -1.22. The van der Waals surface area contributed by atoms with Gasteiger partial charge in [-0.05, 0) is 43.4 Å². The molecule has 0 heterocycles. The van der Waals surface area contributed by atoms with Crippen LogP contribution >= 0.6 is 11.6 Å². The van der Waals surface area contributed by atoms with E-state index in [9.17, 15) is 4.79 Å². The van der Waals surface area contributed by atoms with Gasteiger partial charge in [0.15, 0.2) is 0 Å². The summed E-state index contributed by atoms with van der Waals surface area (Å²) < 4.78 is 0. The lowest BCUT2D eigenvalue weighted by molar-refractivity contribution is -0.117.